The number of hydrogen-bond acceptors (Lipinski definition) is 6. The average Bonchev–Trinajstić information content (AvgIpc) is 3.14. The number of carbonyl (C=O) groups is 2. The molecule has 0 saturated carbocycles. The second kappa shape index (κ2) is 9.65. The van der Waals surface area contributed by atoms with Crippen molar-refractivity contribution in [2.75, 3.05) is 34.6 Å². The second-order valence-electron chi connectivity index (χ2n) is 7.53. The first-order valence-corrected chi connectivity index (χ1v) is 12.1. The van der Waals surface area contributed by atoms with Crippen LogP contribution in [0, 0.1) is 6.92 Å². The molecule has 1 saturated heterocycles. The molecule has 10 nitrogen and oxygen atoms in total. The third kappa shape index (κ3) is 5.43. The first kappa shape index (κ1) is 23.5. The Hall–Kier alpha value is -3.70. The first-order chi connectivity index (χ1) is 16.2. The van der Waals surface area contributed by atoms with Crippen LogP contribution in [0.4, 0.5) is 22.1 Å². The topological polar surface area (TPSA) is 125 Å². The molecule has 2 heterocycles. The maximum absolute atomic E-state index is 12.7. The highest BCUT2D eigenvalue weighted by molar-refractivity contribution is 7.92. The van der Waals surface area contributed by atoms with Crippen LogP contribution in [-0.4, -0.2) is 54.9 Å². The Morgan fingerprint density at radius 2 is 1.76 bits per heavy atom. The molecule has 0 atom stereocenters. The van der Waals surface area contributed by atoms with Crippen molar-refractivity contribution in [3.05, 3.63) is 71.5 Å². The van der Waals surface area contributed by atoms with Crippen molar-refractivity contribution in [2.45, 2.75) is 11.8 Å². The van der Waals surface area contributed by atoms with Crippen molar-refractivity contribution < 1.29 is 18.0 Å². The minimum Gasteiger partial charge on any atom is -0.325 e. The van der Waals surface area contributed by atoms with Crippen molar-refractivity contribution in [1.29, 1.82) is 0 Å². The summed E-state index contributed by atoms with van der Waals surface area (Å²) in [4.78, 5) is 36.0. The number of amides is 3. The highest BCUT2D eigenvalue weighted by Crippen LogP contribution is 2.22. The van der Waals surface area contributed by atoms with Gasteiger partial charge in [-0.25, -0.2) is 27.9 Å². The number of hydrogen-bond donors (Lipinski definition) is 2. The molecule has 0 unspecified atom stereocenters. The summed E-state index contributed by atoms with van der Waals surface area (Å²) in [5.41, 5.74) is 1.73. The molecule has 1 fully saturated rings. The fourth-order valence-electron chi connectivity index (χ4n) is 3.36. The van der Waals surface area contributed by atoms with Crippen LogP contribution >= 0.6 is 11.6 Å². The molecular weight excluding hydrogens is 480 g/mol. The monoisotopic (exact) mass is 500 g/mol. The van der Waals surface area contributed by atoms with Crippen LogP contribution in [0.5, 0.6) is 0 Å². The summed E-state index contributed by atoms with van der Waals surface area (Å²) in [6.45, 7) is 2.45. The van der Waals surface area contributed by atoms with Crippen LogP contribution < -0.4 is 14.9 Å². The number of anilines is 3. The fraction of sp³-hybridized carbons (Fsp3) is 0.182. The molecule has 0 radical (unpaired) electrons. The van der Waals surface area contributed by atoms with Gasteiger partial charge in [-0.05, 0) is 61.5 Å². The van der Waals surface area contributed by atoms with Crippen LogP contribution in [0.2, 0.25) is 5.02 Å². The SMILES string of the molecule is Cc1ccnc(NS(=O)(=O)c2ccc(NC(=O)CN3CCN(c4ccc(Cl)cc4)C3=O)cc2)n1. The van der Waals surface area contributed by atoms with E-state index in [-0.39, 0.29) is 23.4 Å². The van der Waals surface area contributed by atoms with E-state index in [2.05, 4.69) is 20.0 Å². The van der Waals surface area contributed by atoms with Crippen molar-refractivity contribution >= 4 is 50.9 Å². The van der Waals surface area contributed by atoms with Gasteiger partial charge < -0.3 is 10.2 Å². The molecule has 2 N–H and O–H groups in total. The number of aromatic nitrogens is 2. The number of sulfonamides is 1. The molecule has 1 aliphatic heterocycles. The number of urea groups is 1. The zero-order valence-electron chi connectivity index (χ0n) is 18.1. The maximum Gasteiger partial charge on any atom is 0.325 e. The van der Waals surface area contributed by atoms with Gasteiger partial charge in [0.15, 0.2) is 0 Å². The van der Waals surface area contributed by atoms with E-state index in [0.717, 1.165) is 0 Å². The number of nitrogens with one attached hydrogen (secondary N) is 2. The van der Waals surface area contributed by atoms with E-state index in [4.69, 9.17) is 11.6 Å². The van der Waals surface area contributed by atoms with Crippen LogP contribution in [0.15, 0.2) is 65.7 Å². The first-order valence-electron chi connectivity index (χ1n) is 10.3. The summed E-state index contributed by atoms with van der Waals surface area (Å²) < 4.78 is 27.4. The third-order valence-electron chi connectivity index (χ3n) is 5.04. The van der Waals surface area contributed by atoms with Gasteiger partial charge >= 0.3 is 6.03 Å². The number of benzene rings is 2. The highest BCUT2D eigenvalue weighted by Gasteiger charge is 2.30. The van der Waals surface area contributed by atoms with Gasteiger partial charge in [-0.15, -0.1) is 0 Å². The zero-order chi connectivity index (χ0) is 24.3. The lowest BCUT2D eigenvalue weighted by Gasteiger charge is -2.18. The molecule has 0 spiro atoms. The van der Waals surface area contributed by atoms with Crippen LogP contribution in [0.1, 0.15) is 5.69 Å². The summed E-state index contributed by atoms with van der Waals surface area (Å²) >= 11 is 5.90. The standard InChI is InChI=1S/C22H21ClN6O4S/c1-15-10-11-24-21(25-15)27-34(32,33)19-8-4-17(5-9-19)26-20(30)14-28-12-13-29(22(28)31)18-6-2-16(23)3-7-18/h2-11H,12-14H2,1H3,(H,26,30)(H,24,25,27). The Labute approximate surface area is 201 Å². The average molecular weight is 501 g/mol. The molecule has 2 aromatic carbocycles. The Morgan fingerprint density at radius 3 is 2.44 bits per heavy atom. The van der Waals surface area contributed by atoms with E-state index >= 15 is 0 Å². The van der Waals surface area contributed by atoms with Crippen molar-refractivity contribution in [3.63, 3.8) is 0 Å². The lowest BCUT2D eigenvalue weighted by Crippen LogP contribution is -2.37. The molecule has 3 aromatic rings. The largest absolute Gasteiger partial charge is 0.325 e. The molecular formula is C22H21ClN6O4S. The summed E-state index contributed by atoms with van der Waals surface area (Å²) in [6, 6.07) is 13.9. The fourth-order valence-corrected chi connectivity index (χ4v) is 4.44. The normalized spacial score (nSPS) is 13.8. The number of rotatable bonds is 7. The van der Waals surface area contributed by atoms with Gasteiger partial charge in [-0.2, -0.15) is 0 Å². The summed E-state index contributed by atoms with van der Waals surface area (Å²) in [6.07, 6.45) is 1.46. The number of halogens is 1. The predicted octanol–water partition coefficient (Wildman–Crippen LogP) is 3.12. The van der Waals surface area contributed by atoms with Gasteiger partial charge in [0, 0.05) is 41.4 Å². The van der Waals surface area contributed by atoms with Gasteiger partial charge in [0.2, 0.25) is 11.9 Å². The second-order valence-corrected chi connectivity index (χ2v) is 9.65. The van der Waals surface area contributed by atoms with E-state index in [1.165, 1.54) is 35.4 Å². The van der Waals surface area contributed by atoms with Crippen molar-refractivity contribution in [1.82, 2.24) is 14.9 Å². The Kier molecular flexibility index (Phi) is 6.66. The number of aryl methyl sites for hydroxylation is 1. The lowest BCUT2D eigenvalue weighted by atomic mass is 10.3. The van der Waals surface area contributed by atoms with Crippen LogP contribution in [0.25, 0.3) is 0 Å². The molecule has 1 aromatic heterocycles. The third-order valence-corrected chi connectivity index (χ3v) is 6.63. The molecule has 12 heteroatoms. The van der Waals surface area contributed by atoms with Crippen molar-refractivity contribution in [3.8, 4) is 0 Å². The van der Waals surface area contributed by atoms with Gasteiger partial charge in [-0.3, -0.25) is 9.69 Å². The van der Waals surface area contributed by atoms with E-state index in [9.17, 15) is 18.0 Å². The number of nitrogens with zero attached hydrogens (tertiary/aromatic N) is 4. The predicted molar refractivity (Wildman–Crippen MR) is 128 cm³/mol. The Bertz CT molecular complexity index is 1320. The molecule has 4 rings (SSSR count). The molecule has 176 valence electrons. The van der Waals surface area contributed by atoms with Crippen molar-refractivity contribution in [2.24, 2.45) is 0 Å². The zero-order valence-corrected chi connectivity index (χ0v) is 19.7. The summed E-state index contributed by atoms with van der Waals surface area (Å²) in [7, 11) is -3.89. The van der Waals surface area contributed by atoms with Crippen LogP contribution in [0.3, 0.4) is 0 Å². The molecule has 1 aliphatic rings. The quantitative estimate of drug-likeness (QED) is 0.513. The minimum atomic E-state index is -3.89. The highest BCUT2D eigenvalue weighted by atomic mass is 35.5. The van der Waals surface area contributed by atoms with E-state index in [1.54, 1.807) is 42.2 Å². The molecule has 3 amide bonds. The van der Waals surface area contributed by atoms with Gasteiger partial charge in [0.25, 0.3) is 10.0 Å². The van der Waals surface area contributed by atoms with Gasteiger partial charge in [0.05, 0.1) is 4.90 Å². The lowest BCUT2D eigenvalue weighted by molar-refractivity contribution is -0.116. The Morgan fingerprint density at radius 1 is 1.06 bits per heavy atom. The van der Waals surface area contributed by atoms with E-state index in [1.807, 2.05) is 0 Å². The molecule has 0 aliphatic carbocycles. The van der Waals surface area contributed by atoms with Gasteiger partial charge in [0.1, 0.15) is 6.54 Å². The minimum absolute atomic E-state index is 0.0102. The molecule has 34 heavy (non-hydrogen) atoms. The van der Waals surface area contributed by atoms with E-state index < -0.39 is 15.9 Å². The Balaban J connectivity index is 1.35. The smallest absolute Gasteiger partial charge is 0.325 e. The summed E-state index contributed by atoms with van der Waals surface area (Å²) in [5, 5.41) is 3.25. The number of carbonyl (C=O) groups excluding carboxylic acids is 2. The van der Waals surface area contributed by atoms with Gasteiger partial charge in [-0.1, -0.05) is 11.6 Å². The summed E-state index contributed by atoms with van der Waals surface area (Å²) in [5.74, 6) is -0.423. The van der Waals surface area contributed by atoms with E-state index in [0.29, 0.717) is 35.2 Å². The molecule has 0 bridgehead atoms. The van der Waals surface area contributed by atoms with Crippen LogP contribution in [-0.2, 0) is 14.8 Å². The maximum atomic E-state index is 12.7.